The molecule has 0 spiro atoms. The van der Waals surface area contributed by atoms with E-state index in [1.54, 1.807) is 26.7 Å². The number of benzene rings is 2. The summed E-state index contributed by atoms with van der Waals surface area (Å²) in [6.45, 7) is 1.85. The zero-order valence-electron chi connectivity index (χ0n) is 18.1. The first-order valence-corrected chi connectivity index (χ1v) is 10.7. The number of likely N-dealkylation sites (tertiary alicyclic amines) is 1. The summed E-state index contributed by atoms with van der Waals surface area (Å²) in [4.78, 5) is 18.1. The summed E-state index contributed by atoms with van der Waals surface area (Å²) >= 11 is 0. The van der Waals surface area contributed by atoms with E-state index >= 15 is 0 Å². The van der Waals surface area contributed by atoms with Crippen molar-refractivity contribution in [3.8, 4) is 17.2 Å². The quantitative estimate of drug-likeness (QED) is 0.515. The van der Waals surface area contributed by atoms with E-state index in [2.05, 4.69) is 40.2 Å². The van der Waals surface area contributed by atoms with E-state index in [1.807, 2.05) is 22.9 Å². The lowest BCUT2D eigenvalue weighted by Crippen LogP contribution is -2.38. The van der Waals surface area contributed by atoms with Crippen LogP contribution in [0.3, 0.4) is 0 Å². The van der Waals surface area contributed by atoms with Crippen molar-refractivity contribution >= 4 is 6.29 Å². The van der Waals surface area contributed by atoms with Gasteiger partial charge >= 0.3 is 0 Å². The van der Waals surface area contributed by atoms with Crippen molar-refractivity contribution in [2.45, 2.75) is 25.3 Å². The summed E-state index contributed by atoms with van der Waals surface area (Å²) in [5.74, 6) is 1.62. The van der Waals surface area contributed by atoms with Crippen LogP contribution in [0.1, 0.15) is 30.0 Å². The molecular weight excluding hydrogens is 390 g/mol. The van der Waals surface area contributed by atoms with Crippen LogP contribution in [0.5, 0.6) is 11.5 Å². The molecule has 6 heteroatoms. The second-order valence-corrected chi connectivity index (χ2v) is 7.97. The van der Waals surface area contributed by atoms with Crippen molar-refractivity contribution in [3.05, 3.63) is 72.3 Å². The topological polar surface area (TPSA) is 56.6 Å². The molecule has 2 aromatic carbocycles. The van der Waals surface area contributed by atoms with Crippen LogP contribution in [0.15, 0.2) is 61.2 Å². The van der Waals surface area contributed by atoms with Gasteiger partial charge < -0.3 is 18.8 Å². The van der Waals surface area contributed by atoms with Gasteiger partial charge in [0.15, 0.2) is 11.5 Å². The average molecular weight is 420 g/mol. The average Bonchev–Trinajstić information content (AvgIpc) is 3.37. The van der Waals surface area contributed by atoms with Crippen LogP contribution in [0, 0.1) is 5.92 Å². The highest BCUT2D eigenvalue weighted by Crippen LogP contribution is 2.34. The van der Waals surface area contributed by atoms with E-state index in [0.717, 1.165) is 55.8 Å². The largest absolute Gasteiger partial charge is 0.493 e. The Labute approximate surface area is 183 Å². The Morgan fingerprint density at radius 1 is 1.10 bits per heavy atom. The van der Waals surface area contributed by atoms with Crippen molar-refractivity contribution in [1.82, 2.24) is 14.5 Å². The van der Waals surface area contributed by atoms with Gasteiger partial charge in [-0.3, -0.25) is 4.90 Å². The maximum Gasteiger partial charge on any atom is 0.160 e. The minimum Gasteiger partial charge on any atom is -0.493 e. The smallest absolute Gasteiger partial charge is 0.160 e. The Morgan fingerprint density at radius 2 is 1.90 bits per heavy atom. The molecule has 2 atom stereocenters. The highest BCUT2D eigenvalue weighted by Gasteiger charge is 2.29. The van der Waals surface area contributed by atoms with Gasteiger partial charge in [0.25, 0.3) is 0 Å². The number of nitrogens with zero attached hydrogens (tertiary/aromatic N) is 3. The Balaban J connectivity index is 1.50. The van der Waals surface area contributed by atoms with Crippen LogP contribution in [-0.2, 0) is 11.2 Å². The maximum absolute atomic E-state index is 11.5. The molecule has 0 saturated carbocycles. The lowest BCUT2D eigenvalue weighted by Gasteiger charge is -2.38. The third-order valence-corrected chi connectivity index (χ3v) is 6.16. The van der Waals surface area contributed by atoms with Gasteiger partial charge in [0.2, 0.25) is 0 Å². The SMILES string of the molecule is COc1ccc(CCN2CCC(C=O)CC2c2ccc(-n3ccnc3)cc2)cc1OC. The molecule has 2 unspecified atom stereocenters. The van der Waals surface area contributed by atoms with Crippen LogP contribution < -0.4 is 9.47 Å². The number of aromatic nitrogens is 2. The second-order valence-electron chi connectivity index (χ2n) is 7.97. The molecule has 162 valence electrons. The van der Waals surface area contributed by atoms with Crippen molar-refractivity contribution < 1.29 is 14.3 Å². The van der Waals surface area contributed by atoms with Crippen molar-refractivity contribution in [2.24, 2.45) is 5.92 Å². The van der Waals surface area contributed by atoms with Gasteiger partial charge in [-0.05, 0) is 61.2 Å². The molecule has 0 bridgehead atoms. The van der Waals surface area contributed by atoms with Gasteiger partial charge in [-0.15, -0.1) is 0 Å². The molecule has 1 aromatic heterocycles. The van der Waals surface area contributed by atoms with Gasteiger partial charge in [-0.1, -0.05) is 18.2 Å². The number of carbonyl (C=O) groups is 1. The monoisotopic (exact) mass is 419 g/mol. The number of rotatable bonds is 8. The van der Waals surface area contributed by atoms with Gasteiger partial charge in [0.05, 0.1) is 20.5 Å². The molecule has 31 heavy (non-hydrogen) atoms. The summed E-state index contributed by atoms with van der Waals surface area (Å²) in [6.07, 6.45) is 9.33. The molecule has 0 amide bonds. The van der Waals surface area contributed by atoms with Gasteiger partial charge in [0.1, 0.15) is 6.29 Å². The van der Waals surface area contributed by atoms with E-state index < -0.39 is 0 Å². The standard InChI is InChI=1S/C25H29N3O3/c1-30-24-8-3-19(16-25(24)31-2)9-12-27-13-10-20(17-29)15-23(27)21-4-6-22(7-5-21)28-14-11-26-18-28/h3-8,11,14,16-18,20,23H,9-10,12-13,15H2,1-2H3. The minimum absolute atomic E-state index is 0.121. The molecule has 6 nitrogen and oxygen atoms in total. The normalized spacial score (nSPS) is 19.2. The number of methoxy groups -OCH3 is 2. The van der Waals surface area contributed by atoms with Gasteiger partial charge in [0, 0.05) is 36.6 Å². The number of imidazole rings is 1. The molecule has 1 saturated heterocycles. The van der Waals surface area contributed by atoms with Crippen LogP contribution in [0.4, 0.5) is 0 Å². The maximum atomic E-state index is 11.5. The predicted molar refractivity (Wildman–Crippen MR) is 120 cm³/mol. The first kappa shape index (κ1) is 21.1. The zero-order chi connectivity index (χ0) is 21.6. The third-order valence-electron chi connectivity index (χ3n) is 6.16. The fourth-order valence-electron chi connectivity index (χ4n) is 4.37. The molecule has 0 aliphatic carbocycles. The molecule has 4 rings (SSSR count). The van der Waals surface area contributed by atoms with Crippen molar-refractivity contribution in [3.63, 3.8) is 0 Å². The Bertz CT molecular complexity index is 986. The third kappa shape index (κ3) is 4.80. The molecular formula is C25H29N3O3. The van der Waals surface area contributed by atoms with E-state index in [0.29, 0.717) is 0 Å². The second kappa shape index (κ2) is 9.79. The summed E-state index contributed by atoms with van der Waals surface area (Å²) in [7, 11) is 3.31. The molecule has 2 heterocycles. The number of carbonyl (C=O) groups excluding carboxylic acids is 1. The van der Waals surface area contributed by atoms with Crippen LogP contribution >= 0.6 is 0 Å². The van der Waals surface area contributed by atoms with E-state index in [-0.39, 0.29) is 12.0 Å². The van der Waals surface area contributed by atoms with Crippen molar-refractivity contribution in [1.29, 1.82) is 0 Å². The van der Waals surface area contributed by atoms with Gasteiger partial charge in [-0.2, -0.15) is 0 Å². The van der Waals surface area contributed by atoms with Crippen LogP contribution in [0.2, 0.25) is 0 Å². The molecule has 0 N–H and O–H groups in total. The molecule has 0 radical (unpaired) electrons. The van der Waals surface area contributed by atoms with E-state index in [4.69, 9.17) is 9.47 Å². The summed E-state index contributed by atoms with van der Waals surface area (Å²) in [5.41, 5.74) is 3.55. The highest BCUT2D eigenvalue weighted by molar-refractivity contribution is 5.54. The first-order chi connectivity index (χ1) is 15.2. The molecule has 1 aliphatic rings. The Hall–Kier alpha value is -3.12. The van der Waals surface area contributed by atoms with Gasteiger partial charge in [-0.25, -0.2) is 4.98 Å². The number of aldehydes is 1. The summed E-state index contributed by atoms with van der Waals surface area (Å²) < 4.78 is 12.8. The van der Waals surface area contributed by atoms with Crippen LogP contribution in [-0.4, -0.2) is 48.0 Å². The Kier molecular flexibility index (Phi) is 6.67. The first-order valence-electron chi connectivity index (χ1n) is 10.7. The van der Waals surface area contributed by atoms with Crippen LogP contribution in [0.25, 0.3) is 5.69 Å². The van der Waals surface area contributed by atoms with E-state index in [1.165, 1.54) is 11.1 Å². The summed E-state index contributed by atoms with van der Waals surface area (Å²) in [5, 5.41) is 0. The lowest BCUT2D eigenvalue weighted by molar-refractivity contribution is -0.113. The lowest BCUT2D eigenvalue weighted by atomic mass is 9.87. The zero-order valence-corrected chi connectivity index (χ0v) is 18.1. The number of piperidine rings is 1. The molecule has 3 aromatic rings. The van der Waals surface area contributed by atoms with Crippen molar-refractivity contribution in [2.75, 3.05) is 27.3 Å². The summed E-state index contributed by atoms with van der Waals surface area (Å²) in [6, 6.07) is 14.9. The molecule has 1 fully saturated rings. The number of hydrogen-bond acceptors (Lipinski definition) is 5. The molecule has 1 aliphatic heterocycles. The predicted octanol–water partition coefficient (Wildman–Crippen LogP) is 4.08. The van der Waals surface area contributed by atoms with E-state index in [9.17, 15) is 4.79 Å². The number of hydrogen-bond donors (Lipinski definition) is 0. The highest BCUT2D eigenvalue weighted by atomic mass is 16.5. The fourth-order valence-corrected chi connectivity index (χ4v) is 4.37. The Morgan fingerprint density at radius 3 is 2.58 bits per heavy atom. The number of ether oxygens (including phenoxy) is 2. The minimum atomic E-state index is 0.121. The fraction of sp³-hybridized carbons (Fsp3) is 0.360.